The van der Waals surface area contributed by atoms with Crippen molar-refractivity contribution >= 4 is 5.97 Å². The molecule has 0 atom stereocenters. The van der Waals surface area contributed by atoms with Crippen LogP contribution < -0.4 is 0 Å². The molecular weight excluding hydrogens is 256 g/mol. The molecule has 0 bridgehead atoms. The number of carboxylic acids is 1. The molecule has 0 rings (SSSR count). The largest absolute Gasteiger partial charge is 0.481 e. The van der Waals surface area contributed by atoms with Crippen molar-refractivity contribution in [1.82, 2.24) is 0 Å². The zero-order chi connectivity index (χ0) is 14.9. The highest BCUT2D eigenvalue weighted by atomic mass is 16.5. The van der Waals surface area contributed by atoms with Crippen LogP contribution in [0.2, 0.25) is 0 Å². The van der Waals surface area contributed by atoms with Gasteiger partial charge in [0.2, 0.25) is 0 Å². The summed E-state index contributed by atoms with van der Waals surface area (Å²) in [7, 11) is 0. The minimum absolute atomic E-state index is 0.287. The van der Waals surface area contributed by atoms with Gasteiger partial charge in [-0.1, -0.05) is 26.2 Å². The van der Waals surface area contributed by atoms with Gasteiger partial charge in [0.15, 0.2) is 0 Å². The van der Waals surface area contributed by atoms with E-state index in [2.05, 4.69) is 0 Å². The summed E-state index contributed by atoms with van der Waals surface area (Å²) in [5.41, 5.74) is 0. The third-order valence-corrected chi connectivity index (χ3v) is 2.56. The third kappa shape index (κ3) is 16.3. The SMILES string of the molecule is CC/C=C\O/C=C\O/C=C\CCCCCCCC(=O)O. The van der Waals surface area contributed by atoms with Crippen LogP contribution in [0.25, 0.3) is 0 Å². The van der Waals surface area contributed by atoms with Gasteiger partial charge in [0, 0.05) is 6.42 Å². The Morgan fingerprint density at radius 1 is 0.900 bits per heavy atom. The predicted molar refractivity (Wildman–Crippen MR) is 79.8 cm³/mol. The molecule has 114 valence electrons. The number of carboxylic acid groups (broad SMARTS) is 1. The van der Waals surface area contributed by atoms with Crippen molar-refractivity contribution in [3.05, 3.63) is 37.2 Å². The molecule has 0 aromatic carbocycles. The maximum absolute atomic E-state index is 10.3. The standard InChI is InChI=1S/C16H26O4/c1-2-3-12-19-14-15-20-13-10-8-6-4-5-7-9-11-16(17)18/h3,10,12-15H,2,4-9,11H2,1H3,(H,17,18)/b12-3-,13-10-,15-14-. The highest BCUT2D eigenvalue weighted by Gasteiger charge is 1.95. The Kier molecular flexibility index (Phi) is 14.0. The monoisotopic (exact) mass is 282 g/mol. The average Bonchev–Trinajstić information content (AvgIpc) is 2.43. The Bertz CT molecular complexity index is 306. The van der Waals surface area contributed by atoms with Crippen LogP contribution in [0.3, 0.4) is 0 Å². The number of hydrogen-bond donors (Lipinski definition) is 1. The lowest BCUT2D eigenvalue weighted by Gasteiger charge is -1.98. The molecule has 0 saturated carbocycles. The fraction of sp³-hybridized carbons (Fsp3) is 0.562. The average molecular weight is 282 g/mol. The maximum Gasteiger partial charge on any atom is 0.303 e. The Labute approximate surface area is 121 Å². The summed E-state index contributed by atoms with van der Waals surface area (Å²) in [4.78, 5) is 10.3. The van der Waals surface area contributed by atoms with Crippen LogP contribution in [0, 0.1) is 0 Å². The van der Waals surface area contributed by atoms with Crippen molar-refractivity contribution in [3.8, 4) is 0 Å². The second-order valence-corrected chi connectivity index (χ2v) is 4.40. The molecule has 0 aromatic heterocycles. The van der Waals surface area contributed by atoms with Gasteiger partial charge in [-0.25, -0.2) is 0 Å². The molecule has 4 nitrogen and oxygen atoms in total. The smallest absolute Gasteiger partial charge is 0.303 e. The molecule has 0 radical (unpaired) electrons. The minimum Gasteiger partial charge on any atom is -0.481 e. The fourth-order valence-electron chi connectivity index (χ4n) is 1.50. The summed E-state index contributed by atoms with van der Waals surface area (Å²) >= 11 is 0. The number of aliphatic carboxylic acids is 1. The molecule has 0 unspecified atom stereocenters. The predicted octanol–water partition coefficient (Wildman–Crippen LogP) is 4.74. The normalized spacial score (nSPS) is 11.7. The molecule has 1 N–H and O–H groups in total. The summed E-state index contributed by atoms with van der Waals surface area (Å²) in [6.07, 6.45) is 17.5. The van der Waals surface area contributed by atoms with Crippen LogP contribution in [0.15, 0.2) is 37.2 Å². The van der Waals surface area contributed by atoms with Gasteiger partial charge in [-0.3, -0.25) is 4.79 Å². The fourth-order valence-corrected chi connectivity index (χ4v) is 1.50. The molecule has 0 aliphatic carbocycles. The second-order valence-electron chi connectivity index (χ2n) is 4.40. The molecular formula is C16H26O4. The zero-order valence-corrected chi connectivity index (χ0v) is 12.3. The molecule has 0 heterocycles. The first-order valence-corrected chi connectivity index (χ1v) is 7.25. The van der Waals surface area contributed by atoms with Gasteiger partial charge in [0.25, 0.3) is 0 Å². The lowest BCUT2D eigenvalue weighted by atomic mass is 10.1. The van der Waals surface area contributed by atoms with E-state index in [0.717, 1.165) is 44.9 Å². The van der Waals surface area contributed by atoms with Crippen molar-refractivity contribution < 1.29 is 19.4 Å². The van der Waals surface area contributed by atoms with Crippen LogP contribution in [0.1, 0.15) is 58.3 Å². The van der Waals surface area contributed by atoms with Crippen molar-refractivity contribution in [2.45, 2.75) is 58.3 Å². The first-order chi connectivity index (χ1) is 9.77. The van der Waals surface area contributed by atoms with Crippen molar-refractivity contribution in [2.24, 2.45) is 0 Å². The van der Waals surface area contributed by atoms with E-state index in [1.165, 1.54) is 12.5 Å². The van der Waals surface area contributed by atoms with Crippen LogP contribution >= 0.6 is 0 Å². The Balaban J connectivity index is 3.23. The van der Waals surface area contributed by atoms with E-state index in [4.69, 9.17) is 14.6 Å². The number of carbonyl (C=O) groups is 1. The number of allylic oxidation sites excluding steroid dienone is 2. The molecule has 0 aromatic rings. The first kappa shape index (κ1) is 18.3. The molecule has 0 aliphatic rings. The Morgan fingerprint density at radius 2 is 1.50 bits per heavy atom. The van der Waals surface area contributed by atoms with Crippen molar-refractivity contribution in [1.29, 1.82) is 0 Å². The lowest BCUT2D eigenvalue weighted by molar-refractivity contribution is -0.137. The van der Waals surface area contributed by atoms with Gasteiger partial charge in [-0.15, -0.1) is 0 Å². The van der Waals surface area contributed by atoms with Gasteiger partial charge in [-0.05, 0) is 37.8 Å². The van der Waals surface area contributed by atoms with E-state index in [1.54, 1.807) is 12.5 Å². The van der Waals surface area contributed by atoms with Gasteiger partial charge in [-0.2, -0.15) is 0 Å². The van der Waals surface area contributed by atoms with E-state index >= 15 is 0 Å². The summed E-state index contributed by atoms with van der Waals surface area (Å²) < 4.78 is 10.1. The summed E-state index contributed by atoms with van der Waals surface area (Å²) in [5, 5.41) is 8.48. The van der Waals surface area contributed by atoms with E-state index in [9.17, 15) is 4.79 Å². The van der Waals surface area contributed by atoms with E-state index in [1.807, 2.05) is 19.1 Å². The molecule has 0 fully saturated rings. The van der Waals surface area contributed by atoms with Crippen LogP contribution in [0.5, 0.6) is 0 Å². The maximum atomic E-state index is 10.3. The molecule has 0 aliphatic heterocycles. The van der Waals surface area contributed by atoms with Gasteiger partial charge in [0.05, 0.1) is 12.5 Å². The highest BCUT2D eigenvalue weighted by molar-refractivity contribution is 5.66. The van der Waals surface area contributed by atoms with Crippen molar-refractivity contribution in [2.75, 3.05) is 0 Å². The van der Waals surface area contributed by atoms with E-state index in [0.29, 0.717) is 0 Å². The van der Waals surface area contributed by atoms with Crippen molar-refractivity contribution in [3.63, 3.8) is 0 Å². The molecule has 4 heteroatoms. The van der Waals surface area contributed by atoms with Gasteiger partial charge in [0.1, 0.15) is 12.5 Å². The Morgan fingerprint density at radius 3 is 2.15 bits per heavy atom. The topological polar surface area (TPSA) is 55.8 Å². The number of unbranched alkanes of at least 4 members (excludes halogenated alkanes) is 5. The summed E-state index contributed by atoms with van der Waals surface area (Å²) in [5.74, 6) is -0.702. The summed E-state index contributed by atoms with van der Waals surface area (Å²) in [6.45, 7) is 2.04. The van der Waals surface area contributed by atoms with E-state index in [-0.39, 0.29) is 6.42 Å². The molecule has 0 spiro atoms. The number of hydrogen-bond acceptors (Lipinski definition) is 3. The molecule has 0 amide bonds. The second kappa shape index (κ2) is 15.3. The highest BCUT2D eigenvalue weighted by Crippen LogP contribution is 2.07. The van der Waals surface area contributed by atoms with Gasteiger partial charge < -0.3 is 14.6 Å². The minimum atomic E-state index is -0.702. The first-order valence-electron chi connectivity index (χ1n) is 7.25. The van der Waals surface area contributed by atoms with Crippen LogP contribution in [-0.2, 0) is 14.3 Å². The number of rotatable bonds is 13. The van der Waals surface area contributed by atoms with E-state index < -0.39 is 5.97 Å². The molecule has 20 heavy (non-hydrogen) atoms. The zero-order valence-electron chi connectivity index (χ0n) is 12.3. The summed E-state index contributed by atoms with van der Waals surface area (Å²) in [6, 6.07) is 0. The van der Waals surface area contributed by atoms with Crippen LogP contribution in [0.4, 0.5) is 0 Å². The Hall–Kier alpha value is -1.71. The lowest BCUT2D eigenvalue weighted by Crippen LogP contribution is -1.93. The number of ether oxygens (including phenoxy) is 2. The van der Waals surface area contributed by atoms with Crippen LogP contribution in [-0.4, -0.2) is 11.1 Å². The third-order valence-electron chi connectivity index (χ3n) is 2.56. The quantitative estimate of drug-likeness (QED) is 0.391. The molecule has 0 saturated heterocycles. The van der Waals surface area contributed by atoms with Gasteiger partial charge >= 0.3 is 5.97 Å².